The van der Waals surface area contributed by atoms with Crippen LogP contribution in [0, 0.1) is 6.92 Å². The molecule has 1 saturated heterocycles. The van der Waals surface area contributed by atoms with Crippen LogP contribution in [0.15, 0.2) is 42.5 Å². The van der Waals surface area contributed by atoms with Gasteiger partial charge in [0.15, 0.2) is 0 Å². The van der Waals surface area contributed by atoms with Crippen LogP contribution in [0.4, 0.5) is 11.4 Å². The first kappa shape index (κ1) is 16.3. The Morgan fingerprint density at radius 3 is 2.71 bits per heavy atom. The number of carbonyl (C=O) groups is 2. The number of nitrogens with two attached hydrogens (primary N) is 1. The SMILES string of the molecule is Cc1cc(C(N)=O)ccc1NC1CCN(c2ccccc2Cl)C1=O. The van der Waals surface area contributed by atoms with E-state index in [9.17, 15) is 9.59 Å². The summed E-state index contributed by atoms with van der Waals surface area (Å²) in [6, 6.07) is 12.2. The Hall–Kier alpha value is -2.53. The van der Waals surface area contributed by atoms with Gasteiger partial charge in [0.1, 0.15) is 6.04 Å². The lowest BCUT2D eigenvalue weighted by atomic mass is 10.1. The molecule has 6 heteroatoms. The van der Waals surface area contributed by atoms with E-state index >= 15 is 0 Å². The van der Waals surface area contributed by atoms with E-state index in [1.165, 1.54) is 0 Å². The number of primary amides is 1. The number of anilines is 2. The molecule has 3 N–H and O–H groups in total. The fourth-order valence-corrected chi connectivity index (χ4v) is 3.13. The van der Waals surface area contributed by atoms with Gasteiger partial charge < -0.3 is 16.0 Å². The highest BCUT2D eigenvalue weighted by Gasteiger charge is 2.33. The summed E-state index contributed by atoms with van der Waals surface area (Å²) in [5.74, 6) is -0.479. The van der Waals surface area contributed by atoms with Gasteiger partial charge in [-0.05, 0) is 49.2 Å². The lowest BCUT2D eigenvalue weighted by Gasteiger charge is -2.19. The number of halogens is 1. The van der Waals surface area contributed by atoms with Crippen molar-refractivity contribution in [1.29, 1.82) is 0 Å². The van der Waals surface area contributed by atoms with Crippen molar-refractivity contribution in [2.75, 3.05) is 16.8 Å². The number of carbonyl (C=O) groups excluding carboxylic acids is 2. The van der Waals surface area contributed by atoms with Crippen molar-refractivity contribution in [2.45, 2.75) is 19.4 Å². The van der Waals surface area contributed by atoms with Gasteiger partial charge in [0.2, 0.25) is 11.8 Å². The van der Waals surface area contributed by atoms with Crippen LogP contribution in [0.25, 0.3) is 0 Å². The van der Waals surface area contributed by atoms with Crippen LogP contribution >= 0.6 is 11.6 Å². The number of hydrogen-bond donors (Lipinski definition) is 2. The molecule has 124 valence electrons. The highest BCUT2D eigenvalue weighted by Crippen LogP contribution is 2.30. The van der Waals surface area contributed by atoms with Crippen LogP contribution in [-0.2, 0) is 4.79 Å². The van der Waals surface area contributed by atoms with Crippen LogP contribution in [0.1, 0.15) is 22.3 Å². The van der Waals surface area contributed by atoms with E-state index < -0.39 is 5.91 Å². The average molecular weight is 344 g/mol. The first-order valence-electron chi connectivity index (χ1n) is 7.70. The summed E-state index contributed by atoms with van der Waals surface area (Å²) < 4.78 is 0. The third-order valence-corrected chi connectivity index (χ3v) is 4.51. The molecule has 5 nitrogen and oxygen atoms in total. The minimum absolute atomic E-state index is 0.0125. The van der Waals surface area contributed by atoms with E-state index in [4.69, 9.17) is 17.3 Å². The Morgan fingerprint density at radius 1 is 1.29 bits per heavy atom. The maximum absolute atomic E-state index is 12.7. The number of rotatable bonds is 4. The van der Waals surface area contributed by atoms with Crippen molar-refractivity contribution >= 4 is 34.8 Å². The van der Waals surface area contributed by atoms with E-state index in [0.29, 0.717) is 23.6 Å². The van der Waals surface area contributed by atoms with Crippen molar-refractivity contribution in [3.8, 4) is 0 Å². The summed E-state index contributed by atoms with van der Waals surface area (Å²) in [6.07, 6.45) is 0.682. The van der Waals surface area contributed by atoms with Crippen LogP contribution in [0.5, 0.6) is 0 Å². The normalized spacial score (nSPS) is 17.2. The number of para-hydroxylation sites is 1. The van der Waals surface area contributed by atoms with E-state index in [2.05, 4.69) is 5.32 Å². The Balaban J connectivity index is 1.77. The monoisotopic (exact) mass is 343 g/mol. The molecule has 1 fully saturated rings. The first-order chi connectivity index (χ1) is 11.5. The molecule has 1 atom stereocenters. The van der Waals surface area contributed by atoms with Gasteiger partial charge in [-0.1, -0.05) is 23.7 Å². The molecule has 1 aliphatic rings. The molecule has 0 radical (unpaired) electrons. The van der Waals surface area contributed by atoms with Crippen molar-refractivity contribution in [2.24, 2.45) is 5.73 Å². The molecule has 1 aliphatic heterocycles. The van der Waals surface area contributed by atoms with Gasteiger partial charge in [-0.3, -0.25) is 9.59 Å². The summed E-state index contributed by atoms with van der Waals surface area (Å²) in [4.78, 5) is 25.6. The molecular weight excluding hydrogens is 326 g/mol. The second-order valence-corrected chi connectivity index (χ2v) is 6.23. The number of hydrogen-bond acceptors (Lipinski definition) is 3. The Bertz CT molecular complexity index is 807. The molecule has 1 heterocycles. The fraction of sp³-hybridized carbons (Fsp3) is 0.222. The van der Waals surface area contributed by atoms with Gasteiger partial charge in [-0.2, -0.15) is 0 Å². The topological polar surface area (TPSA) is 75.4 Å². The zero-order valence-corrected chi connectivity index (χ0v) is 14.0. The Labute approximate surface area is 145 Å². The molecule has 0 saturated carbocycles. The third kappa shape index (κ3) is 3.08. The van der Waals surface area contributed by atoms with E-state index in [-0.39, 0.29) is 11.9 Å². The molecule has 0 aliphatic carbocycles. The lowest BCUT2D eigenvalue weighted by molar-refractivity contribution is -0.117. The molecule has 0 aromatic heterocycles. The molecule has 24 heavy (non-hydrogen) atoms. The second-order valence-electron chi connectivity index (χ2n) is 5.82. The predicted octanol–water partition coefficient (Wildman–Crippen LogP) is 2.96. The van der Waals surface area contributed by atoms with Gasteiger partial charge >= 0.3 is 0 Å². The van der Waals surface area contributed by atoms with Gasteiger partial charge in [-0.25, -0.2) is 0 Å². The Kier molecular flexibility index (Phi) is 4.44. The highest BCUT2D eigenvalue weighted by molar-refractivity contribution is 6.34. The number of aryl methyl sites for hydroxylation is 1. The molecule has 0 spiro atoms. The van der Waals surface area contributed by atoms with Crippen molar-refractivity contribution in [1.82, 2.24) is 0 Å². The van der Waals surface area contributed by atoms with E-state index in [0.717, 1.165) is 16.9 Å². The fourth-order valence-electron chi connectivity index (χ4n) is 2.89. The molecule has 1 unspecified atom stereocenters. The van der Waals surface area contributed by atoms with Crippen LogP contribution < -0.4 is 16.0 Å². The molecule has 2 aromatic rings. The summed E-state index contributed by atoms with van der Waals surface area (Å²) in [5.41, 5.74) is 8.16. The van der Waals surface area contributed by atoms with Gasteiger partial charge in [-0.15, -0.1) is 0 Å². The highest BCUT2D eigenvalue weighted by atomic mass is 35.5. The van der Waals surface area contributed by atoms with Gasteiger partial charge in [0, 0.05) is 17.8 Å². The summed E-state index contributed by atoms with van der Waals surface area (Å²) in [7, 11) is 0. The van der Waals surface area contributed by atoms with Crippen molar-refractivity contribution < 1.29 is 9.59 Å². The Morgan fingerprint density at radius 2 is 2.04 bits per heavy atom. The molecule has 3 rings (SSSR count). The van der Waals surface area contributed by atoms with Crippen LogP contribution in [0.3, 0.4) is 0 Å². The number of amides is 2. The predicted molar refractivity (Wildman–Crippen MR) is 95.5 cm³/mol. The third-order valence-electron chi connectivity index (χ3n) is 4.19. The van der Waals surface area contributed by atoms with Gasteiger partial charge in [0.25, 0.3) is 0 Å². The maximum Gasteiger partial charge on any atom is 0.249 e. The lowest BCUT2D eigenvalue weighted by Crippen LogP contribution is -2.33. The molecule has 2 amide bonds. The van der Waals surface area contributed by atoms with E-state index in [1.807, 2.05) is 25.1 Å². The quantitative estimate of drug-likeness (QED) is 0.896. The minimum Gasteiger partial charge on any atom is -0.373 e. The molecular formula is C18H18ClN3O2. The second kappa shape index (κ2) is 6.53. The molecule has 2 aromatic carbocycles. The first-order valence-corrected chi connectivity index (χ1v) is 8.08. The largest absolute Gasteiger partial charge is 0.373 e. The maximum atomic E-state index is 12.7. The van der Waals surface area contributed by atoms with Crippen LogP contribution in [0.2, 0.25) is 5.02 Å². The van der Waals surface area contributed by atoms with Crippen molar-refractivity contribution in [3.63, 3.8) is 0 Å². The van der Waals surface area contributed by atoms with E-state index in [1.54, 1.807) is 29.2 Å². The zero-order chi connectivity index (χ0) is 17.3. The minimum atomic E-state index is -0.466. The number of nitrogens with zero attached hydrogens (tertiary/aromatic N) is 1. The molecule has 0 bridgehead atoms. The van der Waals surface area contributed by atoms with Crippen LogP contribution in [-0.4, -0.2) is 24.4 Å². The number of benzene rings is 2. The zero-order valence-electron chi connectivity index (χ0n) is 13.3. The summed E-state index contributed by atoms with van der Waals surface area (Å²) in [5, 5.41) is 3.82. The standard InChI is InChI=1S/C18H18ClN3O2/c1-11-10-12(17(20)23)6-7-14(11)21-15-8-9-22(18(15)24)16-5-3-2-4-13(16)19/h2-7,10,15,21H,8-9H2,1H3,(H2,20,23). The summed E-state index contributed by atoms with van der Waals surface area (Å²) in [6.45, 7) is 2.48. The van der Waals surface area contributed by atoms with Gasteiger partial charge in [0.05, 0.1) is 10.7 Å². The van der Waals surface area contributed by atoms with Crippen molar-refractivity contribution in [3.05, 3.63) is 58.6 Å². The smallest absolute Gasteiger partial charge is 0.249 e. The summed E-state index contributed by atoms with van der Waals surface area (Å²) >= 11 is 6.19. The number of nitrogens with one attached hydrogen (secondary N) is 1. The average Bonchev–Trinajstić information content (AvgIpc) is 2.90.